The van der Waals surface area contributed by atoms with Crippen molar-refractivity contribution in [2.24, 2.45) is 5.41 Å². The summed E-state index contributed by atoms with van der Waals surface area (Å²) in [6, 6.07) is 0.195. The average Bonchev–Trinajstić information content (AvgIpc) is 2.37. The van der Waals surface area contributed by atoms with E-state index >= 15 is 0 Å². The third-order valence-electron chi connectivity index (χ3n) is 3.85. The van der Waals surface area contributed by atoms with Gasteiger partial charge in [0.1, 0.15) is 0 Å². The van der Waals surface area contributed by atoms with Gasteiger partial charge in [-0.1, -0.05) is 6.92 Å². The highest BCUT2D eigenvalue weighted by Gasteiger charge is 2.37. The molecule has 2 N–H and O–H groups in total. The second kappa shape index (κ2) is 6.97. The van der Waals surface area contributed by atoms with Crippen LogP contribution in [0.4, 0.5) is 0 Å². The van der Waals surface area contributed by atoms with Crippen LogP contribution in [0.3, 0.4) is 0 Å². The highest BCUT2D eigenvalue weighted by atomic mass is 16.5. The molecule has 1 aliphatic rings. The van der Waals surface area contributed by atoms with Crippen molar-refractivity contribution in [3.8, 4) is 0 Å². The van der Waals surface area contributed by atoms with Gasteiger partial charge in [-0.05, 0) is 45.7 Å². The molecule has 0 bridgehead atoms. The second-order valence-corrected chi connectivity index (χ2v) is 5.04. The average molecular weight is 242 g/mol. The number of hydrogen-bond acceptors (Lipinski definition) is 3. The van der Waals surface area contributed by atoms with Crippen LogP contribution in [0.15, 0.2) is 0 Å². The van der Waals surface area contributed by atoms with Gasteiger partial charge in [0.25, 0.3) is 0 Å². The van der Waals surface area contributed by atoms with Crippen molar-refractivity contribution in [1.29, 1.82) is 0 Å². The lowest BCUT2D eigenvalue weighted by Gasteiger charge is -2.36. The molecular formula is C13H26N2O2. The fourth-order valence-corrected chi connectivity index (χ4v) is 2.39. The largest absolute Gasteiger partial charge is 0.385 e. The molecule has 1 amide bonds. The van der Waals surface area contributed by atoms with E-state index in [1.54, 1.807) is 7.11 Å². The van der Waals surface area contributed by atoms with Gasteiger partial charge in [-0.3, -0.25) is 4.79 Å². The number of hydrogen-bond donors (Lipinski definition) is 2. The Bertz CT molecular complexity index is 238. The summed E-state index contributed by atoms with van der Waals surface area (Å²) in [7, 11) is 1.69. The van der Waals surface area contributed by atoms with E-state index in [-0.39, 0.29) is 17.4 Å². The van der Waals surface area contributed by atoms with Crippen LogP contribution in [0.2, 0.25) is 0 Å². The van der Waals surface area contributed by atoms with Crippen molar-refractivity contribution >= 4 is 5.91 Å². The lowest BCUT2D eigenvalue weighted by atomic mass is 9.75. The zero-order valence-electron chi connectivity index (χ0n) is 11.3. The third kappa shape index (κ3) is 3.96. The maximum Gasteiger partial charge on any atom is 0.226 e. The minimum atomic E-state index is -0.146. The molecule has 1 fully saturated rings. The highest BCUT2D eigenvalue weighted by Crippen LogP contribution is 2.32. The molecule has 1 atom stereocenters. The Labute approximate surface area is 104 Å². The Balaban J connectivity index is 2.48. The van der Waals surface area contributed by atoms with Crippen LogP contribution >= 0.6 is 0 Å². The standard InChI is InChI=1S/C13H26N2O2/c1-4-13(6-8-14-9-7-13)12(16)15-11(2)5-10-17-3/h11,14H,4-10H2,1-3H3,(H,15,16). The molecular weight excluding hydrogens is 216 g/mol. The van der Waals surface area contributed by atoms with E-state index in [1.165, 1.54) is 0 Å². The number of carbonyl (C=O) groups excluding carboxylic acids is 1. The molecule has 4 nitrogen and oxygen atoms in total. The Morgan fingerprint density at radius 2 is 2.12 bits per heavy atom. The second-order valence-electron chi connectivity index (χ2n) is 5.04. The molecule has 0 radical (unpaired) electrons. The van der Waals surface area contributed by atoms with E-state index < -0.39 is 0 Å². The minimum absolute atomic E-state index is 0.146. The van der Waals surface area contributed by atoms with Crippen LogP contribution in [-0.2, 0) is 9.53 Å². The quantitative estimate of drug-likeness (QED) is 0.738. The van der Waals surface area contributed by atoms with Gasteiger partial charge in [0.15, 0.2) is 0 Å². The number of ether oxygens (including phenoxy) is 1. The molecule has 1 heterocycles. The van der Waals surface area contributed by atoms with Crippen molar-refractivity contribution < 1.29 is 9.53 Å². The highest BCUT2D eigenvalue weighted by molar-refractivity contribution is 5.83. The predicted molar refractivity (Wildman–Crippen MR) is 68.9 cm³/mol. The number of carbonyl (C=O) groups is 1. The van der Waals surface area contributed by atoms with E-state index in [2.05, 4.69) is 17.6 Å². The molecule has 100 valence electrons. The first-order valence-corrected chi connectivity index (χ1v) is 6.65. The van der Waals surface area contributed by atoms with Crippen LogP contribution in [0.25, 0.3) is 0 Å². The molecule has 1 unspecified atom stereocenters. The van der Waals surface area contributed by atoms with Gasteiger partial charge in [-0.15, -0.1) is 0 Å². The van der Waals surface area contributed by atoms with E-state index in [1.807, 2.05) is 6.92 Å². The fraction of sp³-hybridized carbons (Fsp3) is 0.923. The maximum atomic E-state index is 12.3. The number of rotatable bonds is 6. The summed E-state index contributed by atoms with van der Waals surface area (Å²) < 4.78 is 5.03. The monoisotopic (exact) mass is 242 g/mol. The van der Waals surface area contributed by atoms with Gasteiger partial charge in [-0.2, -0.15) is 0 Å². The van der Waals surface area contributed by atoms with Crippen molar-refractivity contribution in [2.45, 2.75) is 45.6 Å². The van der Waals surface area contributed by atoms with Gasteiger partial charge in [-0.25, -0.2) is 0 Å². The fourth-order valence-electron chi connectivity index (χ4n) is 2.39. The molecule has 0 saturated carbocycles. The van der Waals surface area contributed by atoms with Crippen molar-refractivity contribution in [3.05, 3.63) is 0 Å². The van der Waals surface area contributed by atoms with Gasteiger partial charge in [0.05, 0.1) is 5.41 Å². The molecule has 0 aromatic carbocycles. The molecule has 0 aromatic heterocycles. The summed E-state index contributed by atoms with van der Waals surface area (Å²) in [5.74, 6) is 0.227. The van der Waals surface area contributed by atoms with Crippen molar-refractivity contribution in [3.63, 3.8) is 0 Å². The number of amides is 1. The maximum absolute atomic E-state index is 12.3. The number of nitrogens with one attached hydrogen (secondary N) is 2. The summed E-state index contributed by atoms with van der Waals surface area (Å²) >= 11 is 0. The SMILES string of the molecule is CCC1(C(=O)NC(C)CCOC)CCNCC1. The third-order valence-corrected chi connectivity index (χ3v) is 3.85. The lowest BCUT2D eigenvalue weighted by Crippen LogP contribution is -2.49. The normalized spacial score (nSPS) is 20.9. The molecule has 1 saturated heterocycles. The van der Waals surface area contributed by atoms with Gasteiger partial charge < -0.3 is 15.4 Å². The van der Waals surface area contributed by atoms with Crippen LogP contribution in [0.5, 0.6) is 0 Å². The van der Waals surface area contributed by atoms with E-state index in [4.69, 9.17) is 4.74 Å². The first-order chi connectivity index (χ1) is 8.14. The molecule has 1 aliphatic heterocycles. The molecule has 0 spiro atoms. The van der Waals surface area contributed by atoms with Crippen LogP contribution in [-0.4, -0.2) is 38.8 Å². The minimum Gasteiger partial charge on any atom is -0.385 e. The Morgan fingerprint density at radius 1 is 1.47 bits per heavy atom. The number of piperidine rings is 1. The molecule has 0 aromatic rings. The molecule has 1 rings (SSSR count). The van der Waals surface area contributed by atoms with E-state index in [9.17, 15) is 4.79 Å². The van der Waals surface area contributed by atoms with Crippen LogP contribution in [0.1, 0.15) is 39.5 Å². The first-order valence-electron chi connectivity index (χ1n) is 6.65. The smallest absolute Gasteiger partial charge is 0.226 e. The van der Waals surface area contributed by atoms with Crippen LogP contribution < -0.4 is 10.6 Å². The van der Waals surface area contributed by atoms with E-state index in [0.29, 0.717) is 6.61 Å². The molecule has 4 heteroatoms. The lowest BCUT2D eigenvalue weighted by molar-refractivity contribution is -0.133. The molecule has 0 aliphatic carbocycles. The van der Waals surface area contributed by atoms with Gasteiger partial charge >= 0.3 is 0 Å². The van der Waals surface area contributed by atoms with E-state index in [0.717, 1.165) is 38.8 Å². The van der Waals surface area contributed by atoms with Crippen LogP contribution in [0, 0.1) is 5.41 Å². The molecule has 17 heavy (non-hydrogen) atoms. The Morgan fingerprint density at radius 3 is 2.65 bits per heavy atom. The Hall–Kier alpha value is -0.610. The summed E-state index contributed by atoms with van der Waals surface area (Å²) in [6.45, 7) is 6.76. The van der Waals surface area contributed by atoms with Crippen molar-refractivity contribution in [2.75, 3.05) is 26.8 Å². The summed E-state index contributed by atoms with van der Waals surface area (Å²) in [4.78, 5) is 12.3. The first kappa shape index (κ1) is 14.5. The summed E-state index contributed by atoms with van der Waals surface area (Å²) in [5, 5.41) is 6.45. The van der Waals surface area contributed by atoms with Gasteiger partial charge in [0.2, 0.25) is 5.91 Å². The van der Waals surface area contributed by atoms with Gasteiger partial charge in [0, 0.05) is 19.8 Å². The summed E-state index contributed by atoms with van der Waals surface area (Å²) in [6.07, 6.45) is 3.70. The zero-order chi connectivity index (χ0) is 12.7. The predicted octanol–water partition coefficient (Wildman–Crippen LogP) is 1.31. The topological polar surface area (TPSA) is 50.4 Å². The summed E-state index contributed by atoms with van der Waals surface area (Å²) in [5.41, 5.74) is -0.146. The number of methoxy groups -OCH3 is 1. The van der Waals surface area contributed by atoms with Crippen molar-refractivity contribution in [1.82, 2.24) is 10.6 Å². The Kier molecular flexibility index (Phi) is 5.92. The zero-order valence-corrected chi connectivity index (χ0v) is 11.3.